The zero-order valence-electron chi connectivity index (χ0n) is 18.8. The predicted octanol–water partition coefficient (Wildman–Crippen LogP) is 5.38. The first-order chi connectivity index (χ1) is 17.1. The maximum Gasteiger partial charge on any atom is 0.276 e. The minimum absolute atomic E-state index is 0.00548. The third-order valence-corrected chi connectivity index (χ3v) is 5.50. The number of halogens is 6. The van der Waals surface area contributed by atoms with E-state index in [9.17, 15) is 26.7 Å². The van der Waals surface area contributed by atoms with Gasteiger partial charge in [0.1, 0.15) is 5.75 Å². The van der Waals surface area contributed by atoms with Gasteiger partial charge in [0.25, 0.3) is 5.91 Å². The van der Waals surface area contributed by atoms with Gasteiger partial charge in [-0.05, 0) is 38.1 Å². The van der Waals surface area contributed by atoms with E-state index in [-0.39, 0.29) is 29.5 Å². The number of hydrogen-bond donors (Lipinski definition) is 1. The molecule has 2 aromatic heterocycles. The van der Waals surface area contributed by atoms with Crippen LogP contribution in [0.1, 0.15) is 27.4 Å². The van der Waals surface area contributed by atoms with Crippen LogP contribution in [0.5, 0.6) is 5.75 Å². The first-order valence-corrected chi connectivity index (χ1v) is 10.7. The second-order valence-electron chi connectivity index (χ2n) is 7.68. The lowest BCUT2D eigenvalue weighted by molar-refractivity contribution is 0.102. The average molecular weight is 526 g/mol. The predicted molar refractivity (Wildman–Crippen MR) is 119 cm³/mol. The lowest BCUT2D eigenvalue weighted by Crippen LogP contribution is -2.16. The summed E-state index contributed by atoms with van der Waals surface area (Å²) in [7, 11) is 0. The monoisotopic (exact) mass is 525 g/mol. The van der Waals surface area contributed by atoms with Crippen molar-refractivity contribution in [3.8, 4) is 5.75 Å². The number of nitrogens with one attached hydrogen (secondary N) is 1. The first kappa shape index (κ1) is 25.2. The van der Waals surface area contributed by atoms with Crippen LogP contribution in [0, 0.1) is 42.9 Å². The number of carbonyl (C=O) groups excluding carboxylic acids is 1. The lowest BCUT2D eigenvalue weighted by Gasteiger charge is -2.10. The highest BCUT2D eigenvalue weighted by Gasteiger charge is 2.27. The Morgan fingerprint density at radius 1 is 1.00 bits per heavy atom. The molecule has 0 bridgehead atoms. The Bertz CT molecular complexity index is 1440. The van der Waals surface area contributed by atoms with E-state index < -0.39 is 47.1 Å². The van der Waals surface area contributed by atoms with E-state index in [4.69, 9.17) is 16.3 Å². The summed E-state index contributed by atoms with van der Waals surface area (Å²) in [6.45, 7) is 2.24. The summed E-state index contributed by atoms with van der Waals surface area (Å²) in [5.41, 5.74) is -0.320. The third-order valence-electron chi connectivity index (χ3n) is 5.26. The topological polar surface area (TPSA) is 74.0 Å². The zero-order chi connectivity index (χ0) is 26.1. The fraction of sp³-hybridized carbons (Fsp3) is 0.174. The van der Waals surface area contributed by atoms with Crippen molar-refractivity contribution in [2.75, 3.05) is 5.32 Å². The van der Waals surface area contributed by atoms with Crippen molar-refractivity contribution in [2.45, 2.75) is 27.1 Å². The van der Waals surface area contributed by atoms with Crippen LogP contribution in [0.25, 0.3) is 0 Å². The number of nitrogens with zero attached hydrogens (tertiary/aromatic N) is 4. The summed E-state index contributed by atoms with van der Waals surface area (Å²) in [4.78, 5) is 12.7. The van der Waals surface area contributed by atoms with E-state index in [0.717, 1.165) is 4.68 Å². The number of anilines is 1. The summed E-state index contributed by atoms with van der Waals surface area (Å²) in [5, 5.41) is 11.3. The van der Waals surface area contributed by atoms with Gasteiger partial charge in [-0.25, -0.2) is 26.6 Å². The minimum Gasteiger partial charge on any atom is -0.471 e. The van der Waals surface area contributed by atoms with E-state index in [1.165, 1.54) is 30.8 Å². The Labute approximate surface area is 206 Å². The summed E-state index contributed by atoms with van der Waals surface area (Å²) in [6.07, 6.45) is 1.52. The fourth-order valence-electron chi connectivity index (χ4n) is 3.40. The number of benzene rings is 2. The highest BCUT2D eigenvalue weighted by Crippen LogP contribution is 2.26. The van der Waals surface area contributed by atoms with Crippen molar-refractivity contribution < 1.29 is 31.5 Å². The van der Waals surface area contributed by atoms with E-state index in [2.05, 4.69) is 15.5 Å². The molecular formula is C23H17ClF5N5O2. The van der Waals surface area contributed by atoms with Crippen LogP contribution >= 0.6 is 11.6 Å². The Kier molecular flexibility index (Phi) is 6.97. The van der Waals surface area contributed by atoms with Crippen molar-refractivity contribution in [3.05, 3.63) is 93.3 Å². The first-order valence-electron chi connectivity index (χ1n) is 10.3. The van der Waals surface area contributed by atoms with Crippen LogP contribution in [-0.2, 0) is 13.3 Å². The highest BCUT2D eigenvalue weighted by atomic mass is 35.5. The van der Waals surface area contributed by atoms with Crippen LogP contribution in [0.15, 0.2) is 36.5 Å². The van der Waals surface area contributed by atoms with Gasteiger partial charge < -0.3 is 10.1 Å². The fourth-order valence-corrected chi connectivity index (χ4v) is 3.58. The molecule has 2 heterocycles. The number of aromatic nitrogens is 4. The van der Waals surface area contributed by atoms with Crippen molar-refractivity contribution in [2.24, 2.45) is 0 Å². The van der Waals surface area contributed by atoms with Gasteiger partial charge in [-0.1, -0.05) is 17.7 Å². The van der Waals surface area contributed by atoms with E-state index in [0.29, 0.717) is 10.8 Å². The molecule has 0 aliphatic carbocycles. The molecule has 0 saturated carbocycles. The van der Waals surface area contributed by atoms with Gasteiger partial charge in [0, 0.05) is 11.2 Å². The second kappa shape index (κ2) is 9.97. The zero-order valence-corrected chi connectivity index (χ0v) is 19.5. The number of rotatable bonds is 7. The van der Waals surface area contributed by atoms with Crippen LogP contribution in [-0.4, -0.2) is 25.5 Å². The van der Waals surface area contributed by atoms with Gasteiger partial charge >= 0.3 is 0 Å². The largest absolute Gasteiger partial charge is 0.471 e. The Morgan fingerprint density at radius 2 is 1.67 bits per heavy atom. The number of aryl methyl sites for hydroxylation is 1. The summed E-state index contributed by atoms with van der Waals surface area (Å²) < 4.78 is 76.6. The molecule has 2 aromatic carbocycles. The molecule has 0 radical (unpaired) electrons. The summed E-state index contributed by atoms with van der Waals surface area (Å²) >= 11 is 5.91. The molecule has 1 amide bonds. The van der Waals surface area contributed by atoms with E-state index >= 15 is 0 Å². The number of amides is 1. The van der Waals surface area contributed by atoms with Crippen molar-refractivity contribution in [3.63, 3.8) is 0 Å². The number of ether oxygens (including phenoxy) is 1. The van der Waals surface area contributed by atoms with Crippen molar-refractivity contribution >= 4 is 23.2 Å². The molecule has 0 atom stereocenters. The highest BCUT2D eigenvalue weighted by molar-refractivity contribution is 6.30. The smallest absolute Gasteiger partial charge is 0.276 e. The standard InChI is InChI=1S/C23H17ClF5N5O2/c1-11-22(12(2)34(31-11)9-15-17(25)19(27)21(29)20(28)18(15)26)30-23(35)16-6-7-33(32-16)10-36-14-5-3-4-13(24)8-14/h3-8H,9-10H2,1-2H3,(H,30,35). The molecule has 1 N–H and O–H groups in total. The molecule has 0 spiro atoms. The minimum atomic E-state index is -2.24. The number of hydrogen-bond acceptors (Lipinski definition) is 4. The molecule has 0 unspecified atom stereocenters. The van der Waals surface area contributed by atoms with Crippen LogP contribution in [0.3, 0.4) is 0 Å². The van der Waals surface area contributed by atoms with E-state index in [1.807, 2.05) is 0 Å². The van der Waals surface area contributed by atoms with Gasteiger partial charge in [0.05, 0.1) is 29.2 Å². The van der Waals surface area contributed by atoms with Gasteiger partial charge in [0.15, 0.2) is 35.7 Å². The van der Waals surface area contributed by atoms with Gasteiger partial charge in [0.2, 0.25) is 5.82 Å². The molecule has 0 fully saturated rings. The summed E-state index contributed by atoms with van der Waals surface area (Å²) in [5.74, 6) is -10.3. The molecule has 4 rings (SSSR count). The molecule has 0 aliphatic heterocycles. The average Bonchev–Trinajstić information content (AvgIpc) is 3.43. The second-order valence-corrected chi connectivity index (χ2v) is 8.11. The SMILES string of the molecule is Cc1nn(Cc2c(F)c(F)c(F)c(F)c2F)c(C)c1NC(=O)c1ccn(COc2cccc(Cl)c2)n1. The van der Waals surface area contributed by atoms with E-state index in [1.54, 1.807) is 24.3 Å². The Morgan fingerprint density at radius 3 is 2.33 bits per heavy atom. The van der Waals surface area contributed by atoms with Crippen molar-refractivity contribution in [1.29, 1.82) is 0 Å². The van der Waals surface area contributed by atoms with Crippen LogP contribution < -0.4 is 10.1 Å². The van der Waals surface area contributed by atoms with Gasteiger partial charge in [-0.15, -0.1) is 0 Å². The van der Waals surface area contributed by atoms with Crippen LogP contribution in [0.2, 0.25) is 5.02 Å². The lowest BCUT2D eigenvalue weighted by atomic mass is 10.1. The van der Waals surface area contributed by atoms with Crippen LogP contribution in [0.4, 0.5) is 27.6 Å². The quantitative estimate of drug-likeness (QED) is 0.200. The maximum absolute atomic E-state index is 14.1. The molecule has 188 valence electrons. The molecule has 0 saturated heterocycles. The Balaban J connectivity index is 1.49. The normalized spacial score (nSPS) is 11.1. The maximum atomic E-state index is 14.1. The van der Waals surface area contributed by atoms with Crippen molar-refractivity contribution in [1.82, 2.24) is 19.6 Å². The Hall–Kier alpha value is -3.93. The van der Waals surface area contributed by atoms with Gasteiger partial charge in [-0.3, -0.25) is 9.48 Å². The molecule has 36 heavy (non-hydrogen) atoms. The molecule has 7 nitrogen and oxygen atoms in total. The molecule has 0 aliphatic rings. The third kappa shape index (κ3) is 4.89. The molecule has 13 heteroatoms. The number of carbonyl (C=O) groups is 1. The summed E-state index contributed by atoms with van der Waals surface area (Å²) in [6, 6.07) is 8.18. The molecular weight excluding hydrogens is 509 g/mol. The molecule has 4 aromatic rings. The van der Waals surface area contributed by atoms with Gasteiger partial charge in [-0.2, -0.15) is 10.2 Å².